The summed E-state index contributed by atoms with van der Waals surface area (Å²) in [4.78, 5) is 23.3. The zero-order chi connectivity index (χ0) is 19.9. The minimum atomic E-state index is -0.333. The minimum Gasteiger partial charge on any atom is -0.493 e. The molecule has 3 aromatic carbocycles. The van der Waals surface area contributed by atoms with Gasteiger partial charge in [0.1, 0.15) is 5.75 Å². The summed E-state index contributed by atoms with van der Waals surface area (Å²) in [5, 5.41) is 8.72. The molecule has 3 rings (SSSR count). The predicted molar refractivity (Wildman–Crippen MR) is 111 cm³/mol. The second-order valence-electron chi connectivity index (χ2n) is 6.09. The zero-order valence-corrected chi connectivity index (χ0v) is 15.7. The van der Waals surface area contributed by atoms with Crippen LogP contribution in [0.25, 0.3) is 10.8 Å². The van der Waals surface area contributed by atoms with E-state index < -0.39 is 0 Å². The SMILES string of the molecule is CCOc1ccc(C=NNC(=O)c2ccc(NC(C)=O)cc2)c2ccccc12. The first-order chi connectivity index (χ1) is 13.6. The summed E-state index contributed by atoms with van der Waals surface area (Å²) in [5.74, 6) is 0.323. The molecule has 28 heavy (non-hydrogen) atoms. The Hall–Kier alpha value is -3.67. The van der Waals surface area contributed by atoms with Gasteiger partial charge in [-0.2, -0.15) is 5.10 Å². The van der Waals surface area contributed by atoms with Gasteiger partial charge in [-0.25, -0.2) is 5.43 Å². The molecule has 0 bridgehead atoms. The molecule has 0 radical (unpaired) electrons. The number of carbonyl (C=O) groups excluding carboxylic acids is 2. The van der Waals surface area contributed by atoms with Crippen LogP contribution in [0.2, 0.25) is 0 Å². The number of hydrogen-bond donors (Lipinski definition) is 2. The molecule has 0 aromatic heterocycles. The number of fused-ring (bicyclic) bond motifs is 1. The maximum Gasteiger partial charge on any atom is 0.271 e. The Bertz CT molecular complexity index is 1030. The van der Waals surface area contributed by atoms with Crippen molar-refractivity contribution < 1.29 is 14.3 Å². The molecule has 0 heterocycles. The molecule has 6 nitrogen and oxygen atoms in total. The van der Waals surface area contributed by atoms with Crippen molar-refractivity contribution in [3.8, 4) is 5.75 Å². The van der Waals surface area contributed by atoms with Crippen LogP contribution in [0.15, 0.2) is 65.8 Å². The number of hydrazone groups is 1. The summed E-state index contributed by atoms with van der Waals surface area (Å²) < 4.78 is 5.67. The Morgan fingerprint density at radius 2 is 1.71 bits per heavy atom. The highest BCUT2D eigenvalue weighted by molar-refractivity contribution is 6.03. The van der Waals surface area contributed by atoms with Gasteiger partial charge in [0.05, 0.1) is 12.8 Å². The largest absolute Gasteiger partial charge is 0.493 e. The highest BCUT2D eigenvalue weighted by atomic mass is 16.5. The lowest BCUT2D eigenvalue weighted by molar-refractivity contribution is -0.114. The van der Waals surface area contributed by atoms with Gasteiger partial charge in [-0.3, -0.25) is 9.59 Å². The van der Waals surface area contributed by atoms with E-state index in [1.54, 1.807) is 30.5 Å². The van der Waals surface area contributed by atoms with Crippen molar-refractivity contribution in [3.63, 3.8) is 0 Å². The molecule has 0 aliphatic carbocycles. The van der Waals surface area contributed by atoms with E-state index >= 15 is 0 Å². The topological polar surface area (TPSA) is 79.8 Å². The Morgan fingerprint density at radius 3 is 2.39 bits per heavy atom. The summed E-state index contributed by atoms with van der Waals surface area (Å²) in [7, 11) is 0. The molecular formula is C22H21N3O3. The molecule has 0 aliphatic rings. The summed E-state index contributed by atoms with van der Waals surface area (Å²) in [6, 6.07) is 18.3. The molecule has 142 valence electrons. The number of anilines is 1. The lowest BCUT2D eigenvalue weighted by atomic mass is 10.0. The van der Waals surface area contributed by atoms with Crippen molar-refractivity contribution in [1.29, 1.82) is 0 Å². The third-order valence-corrected chi connectivity index (χ3v) is 4.05. The Kier molecular flexibility index (Phi) is 6.01. The fraction of sp³-hybridized carbons (Fsp3) is 0.136. The number of rotatable bonds is 6. The van der Waals surface area contributed by atoms with Crippen LogP contribution in [-0.4, -0.2) is 24.6 Å². The lowest BCUT2D eigenvalue weighted by Crippen LogP contribution is -2.17. The fourth-order valence-corrected chi connectivity index (χ4v) is 2.82. The third-order valence-electron chi connectivity index (χ3n) is 4.05. The van der Waals surface area contributed by atoms with Gasteiger partial charge in [-0.1, -0.05) is 24.3 Å². The van der Waals surface area contributed by atoms with Crippen LogP contribution >= 0.6 is 0 Å². The molecule has 0 saturated heterocycles. The Balaban J connectivity index is 1.73. The molecule has 0 spiro atoms. The summed E-state index contributed by atoms with van der Waals surface area (Å²) in [6.07, 6.45) is 1.61. The number of nitrogens with zero attached hydrogens (tertiary/aromatic N) is 1. The van der Waals surface area contributed by atoms with Crippen LogP contribution in [0, 0.1) is 0 Å². The van der Waals surface area contributed by atoms with Crippen molar-refractivity contribution in [2.24, 2.45) is 5.10 Å². The van der Waals surface area contributed by atoms with Crippen molar-refractivity contribution in [2.45, 2.75) is 13.8 Å². The number of hydrogen-bond acceptors (Lipinski definition) is 4. The van der Waals surface area contributed by atoms with Crippen molar-refractivity contribution in [3.05, 3.63) is 71.8 Å². The van der Waals surface area contributed by atoms with E-state index in [0.29, 0.717) is 17.9 Å². The van der Waals surface area contributed by atoms with E-state index in [2.05, 4.69) is 15.8 Å². The first kappa shape index (κ1) is 19.1. The first-order valence-electron chi connectivity index (χ1n) is 8.94. The Labute approximate surface area is 163 Å². The van der Waals surface area contributed by atoms with Crippen LogP contribution in [0.5, 0.6) is 5.75 Å². The molecular weight excluding hydrogens is 354 g/mol. The highest BCUT2D eigenvalue weighted by Gasteiger charge is 2.07. The van der Waals surface area contributed by atoms with Gasteiger partial charge in [-0.15, -0.1) is 0 Å². The van der Waals surface area contributed by atoms with Gasteiger partial charge in [0, 0.05) is 29.1 Å². The first-order valence-corrected chi connectivity index (χ1v) is 8.94. The van der Waals surface area contributed by atoms with Gasteiger partial charge in [-0.05, 0) is 48.7 Å². The number of carbonyl (C=O) groups is 2. The normalized spacial score (nSPS) is 10.8. The predicted octanol–water partition coefficient (Wildman–Crippen LogP) is 3.96. The van der Waals surface area contributed by atoms with Gasteiger partial charge in [0.15, 0.2) is 0 Å². The van der Waals surface area contributed by atoms with Crippen LogP contribution in [0.4, 0.5) is 5.69 Å². The van der Waals surface area contributed by atoms with Gasteiger partial charge in [0.2, 0.25) is 5.91 Å². The Morgan fingerprint density at radius 1 is 1.00 bits per heavy atom. The second-order valence-corrected chi connectivity index (χ2v) is 6.09. The zero-order valence-electron chi connectivity index (χ0n) is 15.7. The van der Waals surface area contributed by atoms with Crippen LogP contribution in [0.1, 0.15) is 29.8 Å². The average molecular weight is 375 g/mol. The molecule has 0 fully saturated rings. The van der Waals surface area contributed by atoms with E-state index in [1.165, 1.54) is 6.92 Å². The van der Waals surface area contributed by atoms with Crippen LogP contribution in [0.3, 0.4) is 0 Å². The molecule has 6 heteroatoms. The molecule has 0 atom stereocenters. The summed E-state index contributed by atoms with van der Waals surface area (Å²) in [6.45, 7) is 3.97. The smallest absolute Gasteiger partial charge is 0.271 e. The quantitative estimate of drug-likeness (QED) is 0.505. The van der Waals surface area contributed by atoms with E-state index in [-0.39, 0.29) is 11.8 Å². The number of benzene rings is 3. The van der Waals surface area contributed by atoms with E-state index in [1.807, 2.05) is 43.3 Å². The second kappa shape index (κ2) is 8.81. The highest BCUT2D eigenvalue weighted by Crippen LogP contribution is 2.27. The molecule has 0 unspecified atom stereocenters. The van der Waals surface area contributed by atoms with E-state index in [9.17, 15) is 9.59 Å². The van der Waals surface area contributed by atoms with Gasteiger partial charge in [0.25, 0.3) is 5.91 Å². The average Bonchev–Trinajstić information content (AvgIpc) is 2.69. The summed E-state index contributed by atoms with van der Waals surface area (Å²) in [5.41, 5.74) is 4.48. The standard InChI is InChI=1S/C22H21N3O3/c1-3-28-21-13-10-17(19-6-4-5-7-20(19)21)14-23-25-22(27)16-8-11-18(12-9-16)24-15(2)26/h4-14H,3H2,1-2H3,(H,24,26)(H,25,27). The number of amides is 2. The molecule has 0 aliphatic heterocycles. The van der Waals surface area contributed by atoms with Gasteiger partial charge >= 0.3 is 0 Å². The van der Waals surface area contributed by atoms with E-state index in [0.717, 1.165) is 22.1 Å². The van der Waals surface area contributed by atoms with Crippen molar-refractivity contribution in [2.75, 3.05) is 11.9 Å². The number of ether oxygens (including phenoxy) is 1. The van der Waals surface area contributed by atoms with Crippen molar-refractivity contribution in [1.82, 2.24) is 5.43 Å². The summed E-state index contributed by atoms with van der Waals surface area (Å²) >= 11 is 0. The van der Waals surface area contributed by atoms with E-state index in [4.69, 9.17) is 4.74 Å². The number of nitrogens with one attached hydrogen (secondary N) is 2. The maximum absolute atomic E-state index is 12.2. The van der Waals surface area contributed by atoms with Crippen LogP contribution < -0.4 is 15.5 Å². The molecule has 0 saturated carbocycles. The monoisotopic (exact) mass is 375 g/mol. The molecule has 3 aromatic rings. The van der Waals surface area contributed by atoms with Gasteiger partial charge < -0.3 is 10.1 Å². The third kappa shape index (κ3) is 4.54. The lowest BCUT2D eigenvalue weighted by Gasteiger charge is -2.09. The molecule has 2 amide bonds. The maximum atomic E-state index is 12.2. The van der Waals surface area contributed by atoms with Crippen LogP contribution in [-0.2, 0) is 4.79 Å². The van der Waals surface area contributed by atoms with Crippen molar-refractivity contribution >= 4 is 34.5 Å². The minimum absolute atomic E-state index is 0.163. The molecule has 2 N–H and O–H groups in total. The fourth-order valence-electron chi connectivity index (χ4n) is 2.82.